The van der Waals surface area contributed by atoms with Crippen molar-refractivity contribution < 1.29 is 18.3 Å². The summed E-state index contributed by atoms with van der Waals surface area (Å²) in [5.41, 5.74) is 0.311. The van der Waals surface area contributed by atoms with Crippen molar-refractivity contribution in [2.24, 2.45) is 5.92 Å². The van der Waals surface area contributed by atoms with E-state index in [4.69, 9.17) is 0 Å². The van der Waals surface area contributed by atoms with Gasteiger partial charge >= 0.3 is 5.97 Å². The molecule has 110 valence electrons. The summed E-state index contributed by atoms with van der Waals surface area (Å²) in [4.78, 5) is 15.5. The van der Waals surface area contributed by atoms with Gasteiger partial charge in [0.2, 0.25) is 0 Å². The van der Waals surface area contributed by atoms with Crippen molar-refractivity contribution in [3.05, 3.63) is 24.0 Å². The Morgan fingerprint density at radius 1 is 1.50 bits per heavy atom. The van der Waals surface area contributed by atoms with Crippen molar-refractivity contribution >= 4 is 15.8 Å². The predicted molar refractivity (Wildman–Crippen MR) is 73.0 cm³/mol. The third-order valence-electron chi connectivity index (χ3n) is 3.56. The van der Waals surface area contributed by atoms with Crippen LogP contribution in [0.1, 0.15) is 32.0 Å². The lowest BCUT2D eigenvalue weighted by molar-refractivity contribution is -0.142. The lowest BCUT2D eigenvalue weighted by Gasteiger charge is -2.19. The van der Waals surface area contributed by atoms with E-state index in [0.29, 0.717) is 18.7 Å². The summed E-state index contributed by atoms with van der Waals surface area (Å²) >= 11 is 0. The van der Waals surface area contributed by atoms with Gasteiger partial charge in [-0.3, -0.25) is 9.78 Å². The number of hydrogen-bond donors (Lipinski definition) is 2. The van der Waals surface area contributed by atoms with Crippen LogP contribution in [-0.2, 0) is 14.6 Å². The molecule has 7 heteroatoms. The van der Waals surface area contributed by atoms with Gasteiger partial charge in [0, 0.05) is 6.20 Å². The molecular weight excluding hydrogens is 280 g/mol. The van der Waals surface area contributed by atoms with Crippen molar-refractivity contribution in [3.8, 4) is 0 Å². The summed E-state index contributed by atoms with van der Waals surface area (Å²) in [7, 11) is -3.49. The quantitative estimate of drug-likeness (QED) is 0.861. The highest BCUT2D eigenvalue weighted by atomic mass is 32.2. The van der Waals surface area contributed by atoms with Gasteiger partial charge in [0.15, 0.2) is 9.84 Å². The Morgan fingerprint density at radius 2 is 2.20 bits per heavy atom. The van der Waals surface area contributed by atoms with Crippen LogP contribution in [0.3, 0.4) is 0 Å². The van der Waals surface area contributed by atoms with Crippen molar-refractivity contribution in [2.75, 3.05) is 6.54 Å². The average molecular weight is 298 g/mol. The molecule has 1 aromatic heterocycles. The van der Waals surface area contributed by atoms with Gasteiger partial charge in [-0.1, -0.05) is 0 Å². The number of aliphatic carboxylic acids is 1. The number of nitrogens with one attached hydrogen (secondary N) is 1. The molecule has 1 saturated heterocycles. The van der Waals surface area contributed by atoms with Gasteiger partial charge in [0.1, 0.15) is 0 Å². The maximum atomic E-state index is 12.4. The van der Waals surface area contributed by atoms with Gasteiger partial charge in [-0.2, -0.15) is 0 Å². The number of carboxylic acids is 1. The molecule has 1 aliphatic heterocycles. The third-order valence-corrected chi connectivity index (χ3v) is 5.76. The average Bonchev–Trinajstić information content (AvgIpc) is 2.87. The number of carboxylic acid groups (broad SMARTS) is 1. The van der Waals surface area contributed by atoms with Crippen LogP contribution in [0.15, 0.2) is 23.2 Å². The van der Waals surface area contributed by atoms with Crippen molar-refractivity contribution in [2.45, 2.75) is 36.5 Å². The van der Waals surface area contributed by atoms with E-state index in [0.717, 1.165) is 0 Å². The molecule has 0 aromatic carbocycles. The molecule has 2 N–H and O–H groups in total. The van der Waals surface area contributed by atoms with Crippen LogP contribution in [0.5, 0.6) is 0 Å². The molecule has 2 unspecified atom stereocenters. The highest BCUT2D eigenvalue weighted by Gasteiger charge is 2.38. The number of nitrogens with zero attached hydrogens (tertiary/aromatic N) is 1. The van der Waals surface area contributed by atoms with Gasteiger partial charge in [-0.05, 0) is 38.9 Å². The van der Waals surface area contributed by atoms with Crippen molar-refractivity contribution in [1.29, 1.82) is 0 Å². The van der Waals surface area contributed by atoms with Gasteiger partial charge in [0.25, 0.3) is 0 Å². The van der Waals surface area contributed by atoms with Crippen LogP contribution in [0, 0.1) is 5.92 Å². The predicted octanol–water partition coefficient (Wildman–Crippen LogP) is 0.999. The van der Waals surface area contributed by atoms with Crippen LogP contribution in [0.2, 0.25) is 0 Å². The second kappa shape index (κ2) is 5.49. The lowest BCUT2D eigenvalue weighted by atomic mass is 9.98. The summed E-state index contributed by atoms with van der Waals surface area (Å²) in [6, 6.07) is 2.50. The molecule has 1 aromatic rings. The standard InChI is InChI=1S/C13H18N2O4S/c1-8(2)20(18,19)10-4-3-6-14-12(10)11-9(13(16)17)5-7-15-11/h3-4,6,8-9,11,15H,5,7H2,1-2H3,(H,16,17). The van der Waals surface area contributed by atoms with Gasteiger partial charge in [0.05, 0.1) is 27.8 Å². The molecule has 0 amide bonds. The topological polar surface area (TPSA) is 96.4 Å². The largest absolute Gasteiger partial charge is 0.481 e. The minimum absolute atomic E-state index is 0.126. The zero-order chi connectivity index (χ0) is 14.9. The fraction of sp³-hybridized carbons (Fsp3) is 0.538. The summed E-state index contributed by atoms with van der Waals surface area (Å²) < 4.78 is 24.7. The molecule has 2 heterocycles. The number of aromatic nitrogens is 1. The maximum absolute atomic E-state index is 12.4. The second-order valence-electron chi connectivity index (χ2n) is 5.15. The highest BCUT2D eigenvalue weighted by Crippen LogP contribution is 2.33. The fourth-order valence-corrected chi connectivity index (χ4v) is 3.63. The lowest BCUT2D eigenvalue weighted by Crippen LogP contribution is -2.27. The van der Waals surface area contributed by atoms with Crippen molar-refractivity contribution in [3.63, 3.8) is 0 Å². The summed E-state index contributed by atoms with van der Waals surface area (Å²) in [5, 5.41) is 11.7. The molecule has 0 radical (unpaired) electrons. The van der Waals surface area contributed by atoms with Crippen LogP contribution in [0.4, 0.5) is 0 Å². The zero-order valence-electron chi connectivity index (χ0n) is 11.4. The maximum Gasteiger partial charge on any atom is 0.308 e. The van der Waals surface area contributed by atoms with Crippen LogP contribution in [-0.4, -0.2) is 36.3 Å². The monoisotopic (exact) mass is 298 g/mol. The molecule has 0 bridgehead atoms. The molecule has 2 rings (SSSR count). The molecular formula is C13H18N2O4S. The minimum Gasteiger partial charge on any atom is -0.481 e. The first-order valence-electron chi connectivity index (χ1n) is 6.50. The van der Waals surface area contributed by atoms with E-state index < -0.39 is 33.0 Å². The van der Waals surface area contributed by atoms with E-state index >= 15 is 0 Å². The van der Waals surface area contributed by atoms with E-state index in [1.165, 1.54) is 12.3 Å². The van der Waals surface area contributed by atoms with Crippen molar-refractivity contribution in [1.82, 2.24) is 10.3 Å². The molecule has 1 aliphatic rings. The van der Waals surface area contributed by atoms with Gasteiger partial charge in [-0.25, -0.2) is 8.42 Å². The summed E-state index contributed by atoms with van der Waals surface area (Å²) in [6.07, 6.45) is 1.96. The normalized spacial score (nSPS) is 23.1. The Kier molecular flexibility index (Phi) is 4.10. The van der Waals surface area contributed by atoms with Gasteiger partial charge < -0.3 is 10.4 Å². The van der Waals surface area contributed by atoms with E-state index in [1.807, 2.05) is 0 Å². The van der Waals surface area contributed by atoms with Crippen LogP contribution < -0.4 is 5.32 Å². The van der Waals surface area contributed by atoms with E-state index in [2.05, 4.69) is 10.3 Å². The number of carbonyl (C=O) groups is 1. The Morgan fingerprint density at radius 3 is 2.80 bits per heavy atom. The van der Waals surface area contributed by atoms with Crippen LogP contribution in [0.25, 0.3) is 0 Å². The molecule has 0 aliphatic carbocycles. The van der Waals surface area contributed by atoms with E-state index in [-0.39, 0.29) is 4.90 Å². The Hall–Kier alpha value is -1.47. The SMILES string of the molecule is CC(C)S(=O)(=O)c1cccnc1C1NCCC1C(=O)O. The first-order valence-corrected chi connectivity index (χ1v) is 8.05. The Balaban J connectivity index is 2.51. The Labute approximate surface area is 118 Å². The molecule has 20 heavy (non-hydrogen) atoms. The first-order chi connectivity index (χ1) is 9.35. The number of rotatable bonds is 4. The van der Waals surface area contributed by atoms with Gasteiger partial charge in [-0.15, -0.1) is 0 Å². The fourth-order valence-electron chi connectivity index (χ4n) is 2.39. The molecule has 0 spiro atoms. The Bertz CT molecular complexity index is 613. The molecule has 0 saturated carbocycles. The van der Waals surface area contributed by atoms with E-state index in [1.54, 1.807) is 19.9 Å². The first kappa shape index (κ1) is 14.9. The number of sulfone groups is 1. The molecule has 6 nitrogen and oxygen atoms in total. The minimum atomic E-state index is -3.49. The summed E-state index contributed by atoms with van der Waals surface area (Å²) in [6.45, 7) is 3.74. The second-order valence-corrected chi connectivity index (χ2v) is 7.62. The molecule has 1 fully saturated rings. The summed E-state index contributed by atoms with van der Waals surface area (Å²) in [5.74, 6) is -1.58. The van der Waals surface area contributed by atoms with Crippen LogP contribution >= 0.6 is 0 Å². The zero-order valence-corrected chi connectivity index (χ0v) is 12.2. The number of hydrogen-bond acceptors (Lipinski definition) is 5. The highest BCUT2D eigenvalue weighted by molar-refractivity contribution is 7.92. The van der Waals surface area contributed by atoms with E-state index in [9.17, 15) is 18.3 Å². The third kappa shape index (κ3) is 2.55. The smallest absolute Gasteiger partial charge is 0.308 e. The molecule has 2 atom stereocenters. The number of pyridine rings is 1.